The predicted molar refractivity (Wildman–Crippen MR) is 115 cm³/mol. The molecule has 0 aliphatic rings. The van der Waals surface area contributed by atoms with E-state index in [0.717, 1.165) is 11.7 Å². The molecule has 31 heavy (non-hydrogen) atoms. The molecular formula is C21H17FN4O3S2. The molecule has 3 aromatic carbocycles. The molecule has 0 spiro atoms. The van der Waals surface area contributed by atoms with Gasteiger partial charge in [-0.15, -0.1) is 0 Å². The van der Waals surface area contributed by atoms with E-state index in [4.69, 9.17) is 0 Å². The summed E-state index contributed by atoms with van der Waals surface area (Å²) in [6.45, 7) is 0.121. The Labute approximate surface area is 182 Å². The molecule has 7 nitrogen and oxygen atoms in total. The molecule has 0 fully saturated rings. The van der Waals surface area contributed by atoms with Crippen LogP contribution < -0.4 is 10.0 Å². The molecule has 0 bridgehead atoms. The number of carbonyl (C=O) groups excluding carboxylic acids is 1. The smallest absolute Gasteiger partial charge is 0.243 e. The number of benzene rings is 3. The van der Waals surface area contributed by atoms with Gasteiger partial charge in [-0.25, -0.2) is 12.8 Å². The summed E-state index contributed by atoms with van der Waals surface area (Å²) in [5.74, 6) is -0.918. The Kier molecular flexibility index (Phi) is 6.03. The molecule has 1 heterocycles. The van der Waals surface area contributed by atoms with E-state index >= 15 is 0 Å². The van der Waals surface area contributed by atoms with Crippen LogP contribution >= 0.6 is 11.7 Å². The topological polar surface area (TPSA) is 101 Å². The van der Waals surface area contributed by atoms with Crippen molar-refractivity contribution in [3.63, 3.8) is 0 Å². The highest BCUT2D eigenvalue weighted by Crippen LogP contribution is 2.24. The fraction of sp³-hybridized carbons (Fsp3) is 0.0952. The molecule has 2 N–H and O–H groups in total. The van der Waals surface area contributed by atoms with Crippen LogP contribution in [0.5, 0.6) is 0 Å². The van der Waals surface area contributed by atoms with Crippen molar-refractivity contribution >= 4 is 38.7 Å². The van der Waals surface area contributed by atoms with Crippen LogP contribution in [0.4, 0.5) is 4.39 Å². The lowest BCUT2D eigenvalue weighted by Crippen LogP contribution is -2.40. The minimum Gasteiger partial charge on any atom is -0.350 e. The highest BCUT2D eigenvalue weighted by atomic mass is 32.2. The van der Waals surface area contributed by atoms with Gasteiger partial charge in [0.25, 0.3) is 0 Å². The first-order chi connectivity index (χ1) is 14.9. The lowest BCUT2D eigenvalue weighted by Gasteiger charge is -2.19. The molecule has 0 saturated heterocycles. The number of nitrogens with one attached hydrogen (secondary N) is 2. The second-order valence-electron chi connectivity index (χ2n) is 6.70. The molecule has 4 aromatic rings. The van der Waals surface area contributed by atoms with E-state index in [0.29, 0.717) is 16.6 Å². The summed E-state index contributed by atoms with van der Waals surface area (Å²) < 4.78 is 50.0. The van der Waals surface area contributed by atoms with Crippen LogP contribution in [0.25, 0.3) is 11.0 Å². The average molecular weight is 457 g/mol. The fourth-order valence-corrected chi connectivity index (χ4v) is 4.98. The van der Waals surface area contributed by atoms with Crippen molar-refractivity contribution in [1.82, 2.24) is 18.8 Å². The molecule has 1 amide bonds. The maximum absolute atomic E-state index is 13.1. The number of rotatable bonds is 7. The Balaban J connectivity index is 1.61. The highest BCUT2D eigenvalue weighted by Gasteiger charge is 2.29. The minimum absolute atomic E-state index is 0.0500. The molecule has 0 aliphatic heterocycles. The third-order valence-electron chi connectivity index (χ3n) is 4.59. The van der Waals surface area contributed by atoms with E-state index in [1.807, 2.05) is 0 Å². The number of nitrogens with zero attached hydrogens (tertiary/aromatic N) is 2. The normalized spacial score (nSPS) is 12.5. The number of carbonyl (C=O) groups is 1. The van der Waals surface area contributed by atoms with Crippen LogP contribution in [0.1, 0.15) is 17.2 Å². The van der Waals surface area contributed by atoms with Gasteiger partial charge in [-0.3, -0.25) is 4.79 Å². The molecule has 1 atom stereocenters. The number of sulfonamides is 1. The Morgan fingerprint density at radius 3 is 2.45 bits per heavy atom. The Hall–Kier alpha value is -3.21. The van der Waals surface area contributed by atoms with E-state index in [2.05, 4.69) is 18.8 Å². The first-order valence-corrected chi connectivity index (χ1v) is 11.5. The molecule has 4 rings (SSSR count). The second kappa shape index (κ2) is 8.88. The monoisotopic (exact) mass is 456 g/mol. The molecule has 1 aromatic heterocycles. The van der Waals surface area contributed by atoms with Crippen molar-refractivity contribution in [3.8, 4) is 0 Å². The van der Waals surface area contributed by atoms with Gasteiger partial charge in [-0.05, 0) is 35.4 Å². The Bertz CT molecular complexity index is 1310. The summed E-state index contributed by atoms with van der Waals surface area (Å²) in [5.41, 5.74) is 1.87. The van der Waals surface area contributed by atoms with E-state index in [-0.39, 0.29) is 22.8 Å². The summed E-state index contributed by atoms with van der Waals surface area (Å²) in [7, 11) is -4.09. The Morgan fingerprint density at radius 2 is 1.71 bits per heavy atom. The molecule has 158 valence electrons. The standard InChI is InChI=1S/C21H17FN4O3S2/c22-16-11-9-14(10-12-16)13-23-21(27)19(15-5-2-1-3-6-15)26-31(28,29)18-8-4-7-17-20(18)25-30-24-17/h1-12,19,26H,13H2,(H,23,27)/t19-/m1/s1. The summed E-state index contributed by atoms with van der Waals surface area (Å²) in [6, 6.07) is 17.7. The maximum Gasteiger partial charge on any atom is 0.243 e. The summed E-state index contributed by atoms with van der Waals surface area (Å²) in [4.78, 5) is 12.9. The molecule has 0 radical (unpaired) electrons. The van der Waals surface area contributed by atoms with Crippen molar-refractivity contribution < 1.29 is 17.6 Å². The third kappa shape index (κ3) is 4.76. The number of hydrogen-bond donors (Lipinski definition) is 2. The van der Waals surface area contributed by atoms with Gasteiger partial charge in [-0.1, -0.05) is 48.5 Å². The molecule has 0 saturated carbocycles. The van der Waals surface area contributed by atoms with Gasteiger partial charge in [0.2, 0.25) is 15.9 Å². The lowest BCUT2D eigenvalue weighted by molar-refractivity contribution is -0.123. The minimum atomic E-state index is -4.09. The van der Waals surface area contributed by atoms with Gasteiger partial charge < -0.3 is 5.32 Å². The third-order valence-corrected chi connectivity index (χ3v) is 6.58. The van der Waals surface area contributed by atoms with Gasteiger partial charge in [0.1, 0.15) is 27.8 Å². The van der Waals surface area contributed by atoms with Gasteiger partial charge in [0, 0.05) is 6.54 Å². The van der Waals surface area contributed by atoms with E-state index in [1.165, 1.54) is 18.2 Å². The first-order valence-electron chi connectivity index (χ1n) is 9.25. The van der Waals surface area contributed by atoms with Crippen molar-refractivity contribution in [2.45, 2.75) is 17.5 Å². The zero-order valence-corrected chi connectivity index (χ0v) is 17.7. The number of aromatic nitrogens is 2. The fourth-order valence-electron chi connectivity index (χ4n) is 3.03. The quantitative estimate of drug-likeness (QED) is 0.445. The Morgan fingerprint density at radius 1 is 0.968 bits per heavy atom. The second-order valence-corrected chi connectivity index (χ2v) is 8.91. The maximum atomic E-state index is 13.1. The summed E-state index contributed by atoms with van der Waals surface area (Å²) >= 11 is 0.913. The molecule has 10 heteroatoms. The highest BCUT2D eigenvalue weighted by molar-refractivity contribution is 7.89. The lowest BCUT2D eigenvalue weighted by atomic mass is 10.1. The molecular weight excluding hydrogens is 439 g/mol. The van der Waals surface area contributed by atoms with Gasteiger partial charge in [-0.2, -0.15) is 13.5 Å². The van der Waals surface area contributed by atoms with Crippen LogP contribution in [0.3, 0.4) is 0 Å². The molecule has 0 aliphatic carbocycles. The number of fused-ring (bicyclic) bond motifs is 1. The van der Waals surface area contributed by atoms with Crippen molar-refractivity contribution in [2.24, 2.45) is 0 Å². The van der Waals surface area contributed by atoms with Crippen LogP contribution in [0, 0.1) is 5.82 Å². The van der Waals surface area contributed by atoms with Gasteiger partial charge in [0.05, 0.1) is 11.7 Å². The number of halogens is 1. The number of hydrogen-bond acceptors (Lipinski definition) is 6. The summed E-state index contributed by atoms with van der Waals surface area (Å²) in [5, 5.41) is 2.71. The predicted octanol–water partition coefficient (Wildman–Crippen LogP) is 3.17. The molecule has 0 unspecified atom stereocenters. The first kappa shape index (κ1) is 21.0. The van der Waals surface area contributed by atoms with Crippen molar-refractivity contribution in [2.75, 3.05) is 0 Å². The van der Waals surface area contributed by atoms with Gasteiger partial charge >= 0.3 is 0 Å². The van der Waals surface area contributed by atoms with Crippen LogP contribution in [-0.4, -0.2) is 23.1 Å². The SMILES string of the molecule is O=C(NCc1ccc(F)cc1)[C@H](NS(=O)(=O)c1cccc2nsnc12)c1ccccc1. The van der Waals surface area contributed by atoms with E-state index in [9.17, 15) is 17.6 Å². The zero-order chi connectivity index (χ0) is 21.8. The number of amides is 1. The van der Waals surface area contributed by atoms with Crippen LogP contribution in [0.2, 0.25) is 0 Å². The van der Waals surface area contributed by atoms with Crippen LogP contribution in [0.15, 0.2) is 77.7 Å². The van der Waals surface area contributed by atoms with E-state index in [1.54, 1.807) is 54.6 Å². The van der Waals surface area contributed by atoms with Crippen LogP contribution in [-0.2, 0) is 21.4 Å². The van der Waals surface area contributed by atoms with Gasteiger partial charge in [0.15, 0.2) is 0 Å². The average Bonchev–Trinajstić information content (AvgIpc) is 3.26. The van der Waals surface area contributed by atoms with Crippen molar-refractivity contribution in [3.05, 3.63) is 89.7 Å². The van der Waals surface area contributed by atoms with Crippen molar-refractivity contribution in [1.29, 1.82) is 0 Å². The largest absolute Gasteiger partial charge is 0.350 e. The zero-order valence-electron chi connectivity index (χ0n) is 16.0. The van der Waals surface area contributed by atoms with E-state index < -0.39 is 22.0 Å². The summed E-state index contributed by atoms with van der Waals surface area (Å²) in [6.07, 6.45) is 0.